The van der Waals surface area contributed by atoms with E-state index in [1.165, 1.54) is 11.1 Å². The summed E-state index contributed by atoms with van der Waals surface area (Å²) >= 11 is 5.71. The lowest BCUT2D eigenvalue weighted by Gasteiger charge is -2.28. The molecule has 0 saturated carbocycles. The summed E-state index contributed by atoms with van der Waals surface area (Å²) < 4.78 is 11.5. The molecule has 6 nitrogen and oxygen atoms in total. The summed E-state index contributed by atoms with van der Waals surface area (Å²) in [6.45, 7) is 7.61. The van der Waals surface area contributed by atoms with Crippen molar-refractivity contribution in [2.45, 2.75) is 58.3 Å². The zero-order chi connectivity index (χ0) is 21.1. The monoisotopic (exact) mass is 429 g/mol. The lowest BCUT2D eigenvalue weighted by molar-refractivity contribution is 0.0885. The average molecular weight is 430 g/mol. The highest BCUT2D eigenvalue weighted by molar-refractivity contribution is 7.80. The van der Waals surface area contributed by atoms with E-state index in [0.717, 1.165) is 49.8 Å². The van der Waals surface area contributed by atoms with Crippen LogP contribution in [-0.2, 0) is 16.0 Å². The molecule has 1 aromatic carbocycles. The van der Waals surface area contributed by atoms with Crippen LogP contribution in [0.25, 0.3) is 10.9 Å². The Kier molecular flexibility index (Phi) is 6.71. The van der Waals surface area contributed by atoms with Gasteiger partial charge in [0.2, 0.25) is 0 Å². The highest BCUT2D eigenvalue weighted by Gasteiger charge is 2.23. The van der Waals surface area contributed by atoms with Gasteiger partial charge in [0.05, 0.1) is 18.8 Å². The normalized spacial score (nSPS) is 21.3. The minimum absolute atomic E-state index is 0.0648. The maximum Gasteiger partial charge on any atom is 0.253 e. The molecule has 2 N–H and O–H groups in total. The molecule has 7 heteroatoms. The number of nitrogens with zero attached hydrogens (tertiary/aromatic N) is 1. The number of aromatic nitrogens is 1. The van der Waals surface area contributed by atoms with Gasteiger partial charge in [0.1, 0.15) is 0 Å². The minimum atomic E-state index is -0.0648. The number of ether oxygens (including phenoxy) is 2. The molecule has 0 aliphatic carbocycles. The Balaban J connectivity index is 1.53. The van der Waals surface area contributed by atoms with E-state index in [1.807, 2.05) is 12.1 Å². The van der Waals surface area contributed by atoms with Gasteiger partial charge in [-0.2, -0.15) is 0 Å². The maximum atomic E-state index is 12.8. The summed E-state index contributed by atoms with van der Waals surface area (Å²) in [5.41, 5.74) is 3.91. The predicted molar refractivity (Wildman–Crippen MR) is 123 cm³/mol. The van der Waals surface area contributed by atoms with Crippen molar-refractivity contribution < 1.29 is 9.47 Å². The summed E-state index contributed by atoms with van der Waals surface area (Å²) in [6, 6.07) is 6.15. The number of thiocarbonyl (C=S) groups is 1. The van der Waals surface area contributed by atoms with Gasteiger partial charge in [0.25, 0.3) is 5.56 Å². The lowest BCUT2D eigenvalue weighted by atomic mass is 10.0. The zero-order valence-electron chi connectivity index (χ0n) is 17.8. The largest absolute Gasteiger partial charge is 0.376 e. The van der Waals surface area contributed by atoms with Crippen LogP contribution in [-0.4, -0.2) is 53.5 Å². The van der Waals surface area contributed by atoms with Gasteiger partial charge >= 0.3 is 0 Å². The third-order valence-corrected chi connectivity index (χ3v) is 6.54. The summed E-state index contributed by atoms with van der Waals surface area (Å²) in [4.78, 5) is 17.9. The second-order valence-corrected chi connectivity index (χ2v) is 8.87. The van der Waals surface area contributed by atoms with Crippen molar-refractivity contribution in [3.05, 3.63) is 45.2 Å². The van der Waals surface area contributed by atoms with Crippen LogP contribution in [0.2, 0.25) is 0 Å². The first-order chi connectivity index (χ1) is 14.5. The quantitative estimate of drug-likeness (QED) is 0.688. The van der Waals surface area contributed by atoms with Crippen LogP contribution >= 0.6 is 12.2 Å². The van der Waals surface area contributed by atoms with Gasteiger partial charge in [-0.05, 0) is 86.5 Å². The number of pyridine rings is 1. The summed E-state index contributed by atoms with van der Waals surface area (Å²) in [5.74, 6) is 0. The molecule has 0 amide bonds. The Hall–Kier alpha value is -1.96. The molecule has 2 aliphatic rings. The van der Waals surface area contributed by atoms with Crippen LogP contribution in [0.3, 0.4) is 0 Å². The van der Waals surface area contributed by atoms with E-state index >= 15 is 0 Å². The Morgan fingerprint density at radius 1 is 1.13 bits per heavy atom. The van der Waals surface area contributed by atoms with E-state index in [4.69, 9.17) is 21.7 Å². The number of H-pyrrole nitrogens is 1. The molecule has 1 aromatic heterocycles. The van der Waals surface area contributed by atoms with E-state index in [0.29, 0.717) is 30.3 Å². The van der Waals surface area contributed by atoms with Crippen molar-refractivity contribution >= 4 is 28.2 Å². The van der Waals surface area contributed by atoms with Crippen molar-refractivity contribution in [1.29, 1.82) is 0 Å². The number of benzene rings is 1. The third-order valence-electron chi connectivity index (χ3n) is 6.14. The van der Waals surface area contributed by atoms with Crippen LogP contribution in [0, 0.1) is 13.8 Å². The first kappa shape index (κ1) is 21.3. The Bertz CT molecular complexity index is 962. The summed E-state index contributed by atoms with van der Waals surface area (Å²) in [6.07, 6.45) is 4.62. The molecule has 2 aliphatic heterocycles. The molecule has 2 saturated heterocycles. The van der Waals surface area contributed by atoms with Gasteiger partial charge in [-0.15, -0.1) is 0 Å². The van der Waals surface area contributed by atoms with Crippen molar-refractivity contribution in [3.63, 3.8) is 0 Å². The standard InChI is InChI=1S/C23H31N3O3S/c1-15-9-17-11-18(22(27)25-21(17)10-16(15)2)13-26(14-20-6-4-8-29-20)23(30)24-12-19-5-3-7-28-19/h9-11,19-20H,3-8,12-14H2,1-2H3,(H,24,30)(H,25,27)/t19-,20+/m0/s1. The van der Waals surface area contributed by atoms with E-state index in [9.17, 15) is 4.79 Å². The molecule has 0 spiro atoms. The topological polar surface area (TPSA) is 66.6 Å². The number of hydrogen-bond acceptors (Lipinski definition) is 4. The van der Waals surface area contributed by atoms with Crippen molar-refractivity contribution in [3.8, 4) is 0 Å². The number of aromatic amines is 1. The Morgan fingerprint density at radius 3 is 2.53 bits per heavy atom. The Morgan fingerprint density at radius 2 is 1.83 bits per heavy atom. The van der Waals surface area contributed by atoms with Crippen molar-refractivity contribution in [2.24, 2.45) is 0 Å². The van der Waals surface area contributed by atoms with Gasteiger partial charge in [0.15, 0.2) is 5.11 Å². The molecule has 0 bridgehead atoms. The first-order valence-electron chi connectivity index (χ1n) is 10.9. The molecule has 0 unspecified atom stereocenters. The SMILES string of the molecule is Cc1cc2cc(CN(C[C@H]3CCCO3)C(=S)NC[C@@H]3CCCO3)c(=O)[nH]c2cc1C. The van der Waals surface area contributed by atoms with E-state index in [1.54, 1.807) is 0 Å². The molecule has 2 aromatic rings. The molecular formula is C23H31N3O3S. The fourth-order valence-electron chi connectivity index (χ4n) is 4.22. The average Bonchev–Trinajstić information content (AvgIpc) is 3.42. The van der Waals surface area contributed by atoms with Gasteiger partial charge in [-0.3, -0.25) is 4.79 Å². The zero-order valence-corrected chi connectivity index (χ0v) is 18.6. The number of rotatable bonds is 6. The molecule has 30 heavy (non-hydrogen) atoms. The second-order valence-electron chi connectivity index (χ2n) is 8.48. The summed E-state index contributed by atoms with van der Waals surface area (Å²) in [5, 5.41) is 5.05. The van der Waals surface area contributed by atoms with Crippen LogP contribution in [0.5, 0.6) is 0 Å². The van der Waals surface area contributed by atoms with Crippen LogP contribution in [0.4, 0.5) is 0 Å². The van der Waals surface area contributed by atoms with Gasteiger partial charge in [-0.1, -0.05) is 0 Å². The third kappa shape index (κ3) is 5.02. The van der Waals surface area contributed by atoms with Gasteiger partial charge in [-0.25, -0.2) is 0 Å². The van der Waals surface area contributed by atoms with E-state index in [-0.39, 0.29) is 17.8 Å². The molecule has 3 heterocycles. The fourth-order valence-corrected chi connectivity index (χ4v) is 4.44. The fraction of sp³-hybridized carbons (Fsp3) is 0.565. The van der Waals surface area contributed by atoms with Crippen molar-refractivity contribution in [2.75, 3.05) is 26.3 Å². The number of aryl methyl sites for hydroxylation is 2. The first-order valence-corrected chi connectivity index (χ1v) is 11.3. The predicted octanol–water partition coefficient (Wildman–Crippen LogP) is 3.18. The molecular weight excluding hydrogens is 398 g/mol. The van der Waals surface area contributed by atoms with Gasteiger partial charge < -0.3 is 24.7 Å². The molecule has 2 fully saturated rings. The highest BCUT2D eigenvalue weighted by atomic mass is 32.1. The summed E-state index contributed by atoms with van der Waals surface area (Å²) in [7, 11) is 0. The minimum Gasteiger partial charge on any atom is -0.376 e. The van der Waals surface area contributed by atoms with Crippen LogP contribution in [0.15, 0.2) is 23.0 Å². The lowest BCUT2D eigenvalue weighted by Crippen LogP contribution is -2.45. The van der Waals surface area contributed by atoms with Crippen LogP contribution in [0.1, 0.15) is 42.4 Å². The van der Waals surface area contributed by atoms with Crippen molar-refractivity contribution in [1.82, 2.24) is 15.2 Å². The second kappa shape index (κ2) is 9.45. The number of nitrogens with one attached hydrogen (secondary N) is 2. The molecule has 2 atom stereocenters. The maximum absolute atomic E-state index is 12.8. The number of fused-ring (bicyclic) bond motifs is 1. The van der Waals surface area contributed by atoms with E-state index in [2.05, 4.69) is 35.1 Å². The molecule has 4 rings (SSSR count). The molecule has 0 radical (unpaired) electrons. The Labute approximate surface area is 182 Å². The smallest absolute Gasteiger partial charge is 0.253 e. The van der Waals surface area contributed by atoms with E-state index < -0.39 is 0 Å². The number of hydrogen-bond donors (Lipinski definition) is 2. The van der Waals surface area contributed by atoms with Crippen LogP contribution < -0.4 is 10.9 Å². The highest BCUT2D eigenvalue weighted by Crippen LogP contribution is 2.19. The molecule has 162 valence electrons. The van der Waals surface area contributed by atoms with Gasteiger partial charge in [0, 0.05) is 37.4 Å².